The standard InChI is InChI=1S/C24H27N3O3/c1-4-12-26-21-14-17(23(29)25-18-7-5-6-16(13-18)15(2)3)8-9-19(21)27-20(24(26)30)10-11-22(27)28/h5-9,13-15,20H,4,10-12H2,1-3H3,(H,25,29)/t20-/m0/s1. The zero-order valence-corrected chi connectivity index (χ0v) is 17.6. The highest BCUT2D eigenvalue weighted by molar-refractivity contribution is 6.16. The summed E-state index contributed by atoms with van der Waals surface area (Å²) in [5, 5.41) is 2.95. The molecule has 0 unspecified atom stereocenters. The Kier molecular flexibility index (Phi) is 5.33. The second-order valence-corrected chi connectivity index (χ2v) is 8.25. The van der Waals surface area contributed by atoms with Crippen molar-refractivity contribution < 1.29 is 14.4 Å². The van der Waals surface area contributed by atoms with Crippen LogP contribution in [0.5, 0.6) is 0 Å². The number of carbonyl (C=O) groups is 3. The Morgan fingerprint density at radius 2 is 1.93 bits per heavy atom. The smallest absolute Gasteiger partial charge is 0.255 e. The van der Waals surface area contributed by atoms with Gasteiger partial charge in [0, 0.05) is 24.2 Å². The van der Waals surface area contributed by atoms with Crippen molar-refractivity contribution in [1.29, 1.82) is 0 Å². The number of hydrogen-bond acceptors (Lipinski definition) is 3. The summed E-state index contributed by atoms with van der Waals surface area (Å²) in [4.78, 5) is 41.7. The molecule has 1 N–H and O–H groups in total. The third-order valence-corrected chi connectivity index (χ3v) is 5.81. The van der Waals surface area contributed by atoms with E-state index in [0.717, 1.165) is 17.7 Å². The molecule has 0 aliphatic carbocycles. The number of anilines is 3. The first-order valence-electron chi connectivity index (χ1n) is 10.6. The van der Waals surface area contributed by atoms with Crippen molar-refractivity contribution >= 4 is 34.8 Å². The van der Waals surface area contributed by atoms with Crippen LogP contribution in [0.2, 0.25) is 0 Å². The molecular formula is C24H27N3O3. The Balaban J connectivity index is 1.67. The Hall–Kier alpha value is -3.15. The van der Waals surface area contributed by atoms with Crippen molar-refractivity contribution in [2.45, 2.75) is 52.0 Å². The monoisotopic (exact) mass is 405 g/mol. The van der Waals surface area contributed by atoms with Crippen LogP contribution in [0, 0.1) is 0 Å². The van der Waals surface area contributed by atoms with Gasteiger partial charge < -0.3 is 10.2 Å². The molecule has 0 aromatic heterocycles. The maximum absolute atomic E-state index is 13.0. The zero-order chi connectivity index (χ0) is 21.4. The molecule has 1 fully saturated rings. The van der Waals surface area contributed by atoms with E-state index in [1.165, 1.54) is 0 Å². The molecule has 2 aliphatic heterocycles. The molecule has 1 saturated heterocycles. The number of nitrogens with zero attached hydrogens (tertiary/aromatic N) is 2. The highest BCUT2D eigenvalue weighted by Crippen LogP contribution is 2.41. The van der Waals surface area contributed by atoms with Gasteiger partial charge in [0.25, 0.3) is 5.91 Å². The molecule has 6 heteroatoms. The zero-order valence-electron chi connectivity index (χ0n) is 17.6. The van der Waals surface area contributed by atoms with Gasteiger partial charge in [-0.2, -0.15) is 0 Å². The summed E-state index contributed by atoms with van der Waals surface area (Å²) in [7, 11) is 0. The van der Waals surface area contributed by atoms with Gasteiger partial charge in [-0.15, -0.1) is 0 Å². The van der Waals surface area contributed by atoms with Crippen molar-refractivity contribution in [3.8, 4) is 0 Å². The number of fused-ring (bicyclic) bond motifs is 3. The molecular weight excluding hydrogens is 378 g/mol. The SMILES string of the molecule is CCCN1C(=O)[C@@H]2CCC(=O)N2c2ccc(C(=O)Nc3cccc(C(C)C)c3)cc21. The van der Waals surface area contributed by atoms with Crippen LogP contribution in [0.15, 0.2) is 42.5 Å². The third kappa shape index (κ3) is 3.47. The highest BCUT2D eigenvalue weighted by atomic mass is 16.2. The average Bonchev–Trinajstić information content (AvgIpc) is 3.12. The van der Waals surface area contributed by atoms with Gasteiger partial charge in [-0.3, -0.25) is 19.3 Å². The summed E-state index contributed by atoms with van der Waals surface area (Å²) >= 11 is 0. The summed E-state index contributed by atoms with van der Waals surface area (Å²) in [6.07, 6.45) is 1.72. The lowest BCUT2D eigenvalue weighted by molar-refractivity contribution is -0.122. The van der Waals surface area contributed by atoms with Crippen LogP contribution < -0.4 is 15.1 Å². The maximum Gasteiger partial charge on any atom is 0.255 e. The molecule has 0 saturated carbocycles. The first kappa shape index (κ1) is 20.1. The largest absolute Gasteiger partial charge is 0.322 e. The van der Waals surface area contributed by atoms with E-state index in [9.17, 15) is 14.4 Å². The minimum atomic E-state index is -0.421. The van der Waals surface area contributed by atoms with Gasteiger partial charge in [0.2, 0.25) is 11.8 Å². The maximum atomic E-state index is 13.0. The van der Waals surface area contributed by atoms with Crippen LogP contribution in [0.25, 0.3) is 0 Å². The molecule has 2 heterocycles. The molecule has 0 radical (unpaired) electrons. The molecule has 0 spiro atoms. The van der Waals surface area contributed by atoms with Crippen LogP contribution in [-0.4, -0.2) is 30.3 Å². The molecule has 0 bridgehead atoms. The normalized spacial score (nSPS) is 17.9. The second-order valence-electron chi connectivity index (χ2n) is 8.25. The van der Waals surface area contributed by atoms with E-state index >= 15 is 0 Å². The number of rotatable bonds is 5. The molecule has 3 amide bonds. The van der Waals surface area contributed by atoms with Gasteiger partial charge in [0.1, 0.15) is 6.04 Å². The lowest BCUT2D eigenvalue weighted by Gasteiger charge is -2.38. The fraction of sp³-hybridized carbons (Fsp3) is 0.375. The van der Waals surface area contributed by atoms with Gasteiger partial charge in [-0.1, -0.05) is 32.9 Å². The number of benzene rings is 2. The summed E-state index contributed by atoms with van der Waals surface area (Å²) in [6, 6.07) is 12.6. The van der Waals surface area contributed by atoms with E-state index in [-0.39, 0.29) is 17.7 Å². The van der Waals surface area contributed by atoms with E-state index in [4.69, 9.17) is 0 Å². The predicted octanol–water partition coefficient (Wildman–Crippen LogP) is 4.31. The molecule has 4 rings (SSSR count). The number of carbonyl (C=O) groups excluding carboxylic acids is 3. The Morgan fingerprint density at radius 1 is 1.13 bits per heavy atom. The molecule has 6 nitrogen and oxygen atoms in total. The summed E-state index contributed by atoms with van der Waals surface area (Å²) in [5.74, 6) is 0.0356. The number of amides is 3. The molecule has 30 heavy (non-hydrogen) atoms. The predicted molar refractivity (Wildman–Crippen MR) is 118 cm³/mol. The number of nitrogens with one attached hydrogen (secondary N) is 1. The summed E-state index contributed by atoms with van der Waals surface area (Å²) in [6.45, 7) is 6.79. The van der Waals surface area contributed by atoms with Gasteiger partial charge in [0.05, 0.1) is 11.4 Å². The second kappa shape index (κ2) is 7.94. The van der Waals surface area contributed by atoms with Crippen LogP contribution in [-0.2, 0) is 9.59 Å². The van der Waals surface area contributed by atoms with Crippen molar-refractivity contribution in [2.24, 2.45) is 0 Å². The lowest BCUT2D eigenvalue weighted by Crippen LogP contribution is -2.52. The van der Waals surface area contributed by atoms with Gasteiger partial charge in [0.15, 0.2) is 0 Å². The Labute approximate surface area is 176 Å². The topological polar surface area (TPSA) is 69.7 Å². The number of hydrogen-bond donors (Lipinski definition) is 1. The van der Waals surface area contributed by atoms with Gasteiger partial charge >= 0.3 is 0 Å². The minimum Gasteiger partial charge on any atom is -0.322 e. The first-order chi connectivity index (χ1) is 14.4. The van der Waals surface area contributed by atoms with Gasteiger partial charge in [-0.25, -0.2) is 0 Å². The van der Waals surface area contributed by atoms with Crippen molar-refractivity contribution in [3.63, 3.8) is 0 Å². The molecule has 156 valence electrons. The van der Waals surface area contributed by atoms with E-state index in [0.29, 0.717) is 42.2 Å². The summed E-state index contributed by atoms with van der Waals surface area (Å²) in [5.41, 5.74) is 3.70. The van der Waals surface area contributed by atoms with Crippen LogP contribution in [0.4, 0.5) is 17.1 Å². The quantitative estimate of drug-likeness (QED) is 0.806. The van der Waals surface area contributed by atoms with Crippen LogP contribution in [0.1, 0.15) is 61.9 Å². The van der Waals surface area contributed by atoms with Crippen LogP contribution >= 0.6 is 0 Å². The van der Waals surface area contributed by atoms with E-state index in [2.05, 4.69) is 19.2 Å². The summed E-state index contributed by atoms with van der Waals surface area (Å²) < 4.78 is 0. The molecule has 2 aromatic rings. The average molecular weight is 405 g/mol. The fourth-order valence-corrected chi connectivity index (χ4v) is 4.24. The Bertz CT molecular complexity index is 1010. The third-order valence-electron chi connectivity index (χ3n) is 5.81. The Morgan fingerprint density at radius 3 is 2.67 bits per heavy atom. The van der Waals surface area contributed by atoms with E-state index < -0.39 is 6.04 Å². The van der Waals surface area contributed by atoms with Crippen LogP contribution in [0.3, 0.4) is 0 Å². The van der Waals surface area contributed by atoms with Gasteiger partial charge in [-0.05, 0) is 54.7 Å². The fourth-order valence-electron chi connectivity index (χ4n) is 4.24. The lowest BCUT2D eigenvalue weighted by atomic mass is 10.0. The molecule has 2 aliphatic rings. The highest BCUT2D eigenvalue weighted by Gasteiger charge is 2.44. The molecule has 2 aromatic carbocycles. The van der Waals surface area contributed by atoms with Crippen molar-refractivity contribution in [1.82, 2.24) is 0 Å². The first-order valence-corrected chi connectivity index (χ1v) is 10.6. The van der Waals surface area contributed by atoms with E-state index in [1.807, 2.05) is 31.2 Å². The van der Waals surface area contributed by atoms with E-state index in [1.54, 1.807) is 28.0 Å². The molecule has 1 atom stereocenters. The van der Waals surface area contributed by atoms with Crippen molar-refractivity contribution in [2.75, 3.05) is 21.7 Å². The van der Waals surface area contributed by atoms with Crippen molar-refractivity contribution in [3.05, 3.63) is 53.6 Å². The minimum absolute atomic E-state index is 0.0338.